The number of carbonyl (C=O) groups excluding carboxylic acids is 2. The third kappa shape index (κ3) is 4.53. The molecule has 1 aromatic carbocycles. The Morgan fingerprint density at radius 1 is 1.36 bits per heavy atom. The van der Waals surface area contributed by atoms with Crippen molar-refractivity contribution in [2.45, 2.75) is 13.3 Å². The summed E-state index contributed by atoms with van der Waals surface area (Å²) < 4.78 is 18.1. The molecule has 0 saturated carbocycles. The van der Waals surface area contributed by atoms with E-state index in [4.69, 9.17) is 4.74 Å². The third-order valence-corrected chi connectivity index (χ3v) is 3.74. The molecule has 0 radical (unpaired) electrons. The molecule has 6 heteroatoms. The number of carbonyl (C=O) groups is 2. The summed E-state index contributed by atoms with van der Waals surface area (Å²) in [4.78, 5) is 25.8. The summed E-state index contributed by atoms with van der Waals surface area (Å²) in [5.41, 5.74) is 0.335. The normalized spacial score (nSPS) is 17.3. The number of nitrogens with zero attached hydrogens (tertiary/aromatic N) is 1. The minimum atomic E-state index is -0.399. The fraction of sp³-hybridized carbons (Fsp3) is 0.500. The maximum absolute atomic E-state index is 12.8. The van der Waals surface area contributed by atoms with Crippen molar-refractivity contribution in [2.24, 2.45) is 5.92 Å². The highest BCUT2D eigenvalue weighted by Gasteiger charge is 2.21. The summed E-state index contributed by atoms with van der Waals surface area (Å²) in [5, 5.41) is 2.57. The van der Waals surface area contributed by atoms with E-state index in [0.29, 0.717) is 31.2 Å². The van der Waals surface area contributed by atoms with Crippen LogP contribution in [-0.4, -0.2) is 49.6 Å². The maximum Gasteiger partial charge on any atom is 0.251 e. The maximum atomic E-state index is 12.8. The SMILES string of the molecule is CCN(C[C@@H]1CCOC1)C(=O)CNC(=O)c1ccc(F)cc1. The van der Waals surface area contributed by atoms with E-state index in [2.05, 4.69) is 5.32 Å². The topological polar surface area (TPSA) is 58.6 Å². The van der Waals surface area contributed by atoms with Gasteiger partial charge in [-0.25, -0.2) is 4.39 Å². The van der Waals surface area contributed by atoms with E-state index in [1.165, 1.54) is 24.3 Å². The average molecular weight is 308 g/mol. The second kappa shape index (κ2) is 7.89. The lowest BCUT2D eigenvalue weighted by molar-refractivity contribution is -0.130. The number of rotatable bonds is 6. The number of ether oxygens (including phenoxy) is 1. The van der Waals surface area contributed by atoms with Gasteiger partial charge in [-0.1, -0.05) is 0 Å². The van der Waals surface area contributed by atoms with Crippen molar-refractivity contribution in [3.63, 3.8) is 0 Å². The molecule has 1 atom stereocenters. The van der Waals surface area contributed by atoms with Crippen LogP contribution in [0.5, 0.6) is 0 Å². The Morgan fingerprint density at radius 3 is 2.68 bits per heavy atom. The zero-order valence-electron chi connectivity index (χ0n) is 12.7. The molecule has 1 heterocycles. The predicted molar refractivity (Wildman–Crippen MR) is 79.9 cm³/mol. The van der Waals surface area contributed by atoms with Gasteiger partial charge in [-0.15, -0.1) is 0 Å². The quantitative estimate of drug-likeness (QED) is 0.865. The van der Waals surface area contributed by atoms with Crippen LogP contribution < -0.4 is 5.32 Å². The van der Waals surface area contributed by atoms with Gasteiger partial charge in [-0.3, -0.25) is 9.59 Å². The summed E-state index contributed by atoms with van der Waals surface area (Å²) in [5.74, 6) is -0.529. The molecule has 1 saturated heterocycles. The van der Waals surface area contributed by atoms with Crippen LogP contribution in [-0.2, 0) is 9.53 Å². The van der Waals surface area contributed by atoms with Gasteiger partial charge in [-0.2, -0.15) is 0 Å². The summed E-state index contributed by atoms with van der Waals surface area (Å²) in [7, 11) is 0. The van der Waals surface area contributed by atoms with Crippen LogP contribution in [0.25, 0.3) is 0 Å². The second-order valence-electron chi connectivity index (χ2n) is 5.35. The van der Waals surface area contributed by atoms with Gasteiger partial charge in [0, 0.05) is 31.2 Å². The Hall–Kier alpha value is -1.95. The zero-order valence-corrected chi connectivity index (χ0v) is 12.7. The van der Waals surface area contributed by atoms with Gasteiger partial charge in [0.2, 0.25) is 5.91 Å². The second-order valence-corrected chi connectivity index (χ2v) is 5.35. The molecule has 22 heavy (non-hydrogen) atoms. The highest BCUT2D eigenvalue weighted by molar-refractivity contribution is 5.96. The molecular formula is C16H21FN2O3. The molecule has 2 rings (SSSR count). The fourth-order valence-corrected chi connectivity index (χ4v) is 2.42. The van der Waals surface area contributed by atoms with Crippen molar-refractivity contribution < 1.29 is 18.7 Å². The van der Waals surface area contributed by atoms with Crippen molar-refractivity contribution in [3.05, 3.63) is 35.6 Å². The number of halogens is 1. The van der Waals surface area contributed by atoms with Crippen molar-refractivity contribution >= 4 is 11.8 Å². The molecule has 0 bridgehead atoms. The summed E-state index contributed by atoms with van der Waals surface area (Å²) in [6.07, 6.45) is 0.964. The number of hydrogen-bond donors (Lipinski definition) is 1. The first kappa shape index (κ1) is 16.4. The van der Waals surface area contributed by atoms with Gasteiger partial charge < -0.3 is 15.0 Å². The number of benzene rings is 1. The molecule has 5 nitrogen and oxygen atoms in total. The van der Waals surface area contributed by atoms with E-state index >= 15 is 0 Å². The van der Waals surface area contributed by atoms with Gasteiger partial charge >= 0.3 is 0 Å². The Kier molecular flexibility index (Phi) is 5.89. The van der Waals surface area contributed by atoms with E-state index in [1.54, 1.807) is 4.90 Å². The molecule has 0 aliphatic carbocycles. The van der Waals surface area contributed by atoms with Crippen LogP contribution in [0, 0.1) is 11.7 Å². The fourth-order valence-electron chi connectivity index (χ4n) is 2.42. The highest BCUT2D eigenvalue weighted by atomic mass is 19.1. The molecular weight excluding hydrogens is 287 g/mol. The molecule has 1 N–H and O–H groups in total. The zero-order chi connectivity index (χ0) is 15.9. The Labute approximate surface area is 129 Å². The molecule has 1 aliphatic rings. The van der Waals surface area contributed by atoms with Crippen LogP contribution in [0.15, 0.2) is 24.3 Å². The van der Waals surface area contributed by atoms with Crippen LogP contribution in [0.3, 0.4) is 0 Å². The molecule has 0 aromatic heterocycles. The van der Waals surface area contributed by atoms with E-state index in [9.17, 15) is 14.0 Å². The summed E-state index contributed by atoms with van der Waals surface area (Å²) in [6.45, 7) is 4.54. The van der Waals surface area contributed by atoms with Crippen LogP contribution in [0.4, 0.5) is 4.39 Å². The largest absolute Gasteiger partial charge is 0.381 e. The smallest absolute Gasteiger partial charge is 0.251 e. The monoisotopic (exact) mass is 308 g/mol. The first-order valence-electron chi connectivity index (χ1n) is 7.49. The molecule has 1 aromatic rings. The van der Waals surface area contributed by atoms with Gasteiger partial charge in [0.05, 0.1) is 13.2 Å². The molecule has 0 unspecified atom stereocenters. The van der Waals surface area contributed by atoms with Gasteiger partial charge in [-0.05, 0) is 37.6 Å². The minimum absolute atomic E-state index is 0.0579. The lowest BCUT2D eigenvalue weighted by Crippen LogP contribution is -2.42. The first-order valence-corrected chi connectivity index (χ1v) is 7.49. The van der Waals surface area contributed by atoms with Crippen molar-refractivity contribution in [3.8, 4) is 0 Å². The van der Waals surface area contributed by atoms with Crippen LogP contribution >= 0.6 is 0 Å². The van der Waals surface area contributed by atoms with E-state index in [-0.39, 0.29) is 18.4 Å². The highest BCUT2D eigenvalue weighted by Crippen LogP contribution is 2.13. The number of hydrogen-bond acceptors (Lipinski definition) is 3. The summed E-state index contributed by atoms with van der Waals surface area (Å²) >= 11 is 0. The minimum Gasteiger partial charge on any atom is -0.381 e. The lowest BCUT2D eigenvalue weighted by Gasteiger charge is -2.23. The summed E-state index contributed by atoms with van der Waals surface area (Å²) in [6, 6.07) is 5.22. The molecule has 120 valence electrons. The van der Waals surface area contributed by atoms with E-state index in [1.807, 2.05) is 6.92 Å². The molecule has 1 fully saturated rings. The van der Waals surface area contributed by atoms with Crippen molar-refractivity contribution in [1.82, 2.24) is 10.2 Å². The molecule has 0 spiro atoms. The Balaban J connectivity index is 1.82. The Bertz CT molecular complexity index is 513. The first-order chi connectivity index (χ1) is 10.6. The average Bonchev–Trinajstić information content (AvgIpc) is 3.03. The number of amides is 2. The van der Waals surface area contributed by atoms with Crippen LogP contribution in [0.1, 0.15) is 23.7 Å². The van der Waals surface area contributed by atoms with Crippen molar-refractivity contribution in [2.75, 3.05) is 32.8 Å². The number of likely N-dealkylation sites (N-methyl/N-ethyl adjacent to an activating group) is 1. The standard InChI is InChI=1S/C16H21FN2O3/c1-2-19(10-12-7-8-22-11-12)15(20)9-18-16(21)13-3-5-14(17)6-4-13/h3-6,12H,2,7-11H2,1H3,(H,18,21)/t12-/m0/s1. The van der Waals surface area contributed by atoms with Gasteiger partial charge in [0.15, 0.2) is 0 Å². The van der Waals surface area contributed by atoms with Crippen LogP contribution in [0.2, 0.25) is 0 Å². The molecule has 2 amide bonds. The van der Waals surface area contributed by atoms with E-state index in [0.717, 1.165) is 13.0 Å². The van der Waals surface area contributed by atoms with Gasteiger partial charge in [0.1, 0.15) is 5.82 Å². The van der Waals surface area contributed by atoms with Gasteiger partial charge in [0.25, 0.3) is 5.91 Å². The van der Waals surface area contributed by atoms with Crippen molar-refractivity contribution in [1.29, 1.82) is 0 Å². The predicted octanol–water partition coefficient (Wildman–Crippen LogP) is 1.44. The lowest BCUT2D eigenvalue weighted by atomic mass is 10.1. The number of nitrogens with one attached hydrogen (secondary N) is 1. The van der Waals surface area contributed by atoms with E-state index < -0.39 is 5.82 Å². The molecule has 1 aliphatic heterocycles. The Morgan fingerprint density at radius 2 is 2.09 bits per heavy atom. The third-order valence-electron chi connectivity index (χ3n) is 3.74.